The maximum atomic E-state index is 11.8. The van der Waals surface area contributed by atoms with Gasteiger partial charge in [-0.2, -0.15) is 0 Å². The third-order valence-corrected chi connectivity index (χ3v) is 3.85. The number of anilines is 3. The average Bonchev–Trinajstić information content (AvgIpc) is 2.63. The fraction of sp³-hybridized carbons (Fsp3) is 0.312. The first kappa shape index (κ1) is 16.5. The lowest BCUT2D eigenvalue weighted by Crippen LogP contribution is -2.36. The smallest absolute Gasteiger partial charge is 0.360 e. The van der Waals surface area contributed by atoms with Gasteiger partial charge in [-0.3, -0.25) is 0 Å². The molecule has 24 heavy (non-hydrogen) atoms. The molecule has 1 aromatic heterocycles. The zero-order valence-corrected chi connectivity index (χ0v) is 13.9. The first-order valence-corrected chi connectivity index (χ1v) is 7.86. The molecule has 0 atom stereocenters. The van der Waals surface area contributed by atoms with Gasteiger partial charge in [0.05, 0.1) is 26.0 Å². The summed E-state index contributed by atoms with van der Waals surface area (Å²) in [5.74, 6) is -0.577. The molecule has 2 heterocycles. The lowest BCUT2D eigenvalue weighted by molar-refractivity contribution is 0.0594. The van der Waals surface area contributed by atoms with E-state index >= 15 is 0 Å². The van der Waals surface area contributed by atoms with Gasteiger partial charge >= 0.3 is 5.97 Å². The summed E-state index contributed by atoms with van der Waals surface area (Å²) in [5, 5.41) is 10.8. The van der Waals surface area contributed by atoms with Crippen molar-refractivity contribution in [3.05, 3.63) is 41.2 Å². The number of esters is 1. The van der Waals surface area contributed by atoms with Crippen molar-refractivity contribution in [1.82, 2.24) is 10.2 Å². The Morgan fingerprint density at radius 2 is 1.96 bits per heavy atom. The van der Waals surface area contributed by atoms with Crippen molar-refractivity contribution in [2.75, 3.05) is 43.6 Å². The predicted octanol–water partition coefficient (Wildman–Crippen LogP) is 2.50. The average molecular weight is 349 g/mol. The van der Waals surface area contributed by atoms with E-state index in [1.54, 1.807) is 0 Å². The van der Waals surface area contributed by atoms with Gasteiger partial charge in [-0.1, -0.05) is 11.6 Å². The van der Waals surface area contributed by atoms with Crippen LogP contribution in [0.25, 0.3) is 0 Å². The Labute approximate surface area is 144 Å². The summed E-state index contributed by atoms with van der Waals surface area (Å²) < 4.78 is 10.1. The standard InChI is InChI=1S/C16H17ClN4O3/c1-23-16(22)15-13(10-14(17)19-20-15)18-11-2-4-12(5-3-11)21-6-8-24-9-7-21/h2-5,10H,6-9H2,1H3,(H,18,19). The maximum Gasteiger partial charge on any atom is 0.360 e. The van der Waals surface area contributed by atoms with Crippen molar-refractivity contribution >= 4 is 34.6 Å². The van der Waals surface area contributed by atoms with Gasteiger partial charge in [-0.05, 0) is 24.3 Å². The summed E-state index contributed by atoms with van der Waals surface area (Å²) >= 11 is 5.87. The minimum atomic E-state index is -0.577. The number of hydrogen-bond donors (Lipinski definition) is 1. The minimum Gasteiger partial charge on any atom is -0.464 e. The van der Waals surface area contributed by atoms with Crippen molar-refractivity contribution < 1.29 is 14.3 Å². The van der Waals surface area contributed by atoms with Crippen LogP contribution in [0.1, 0.15) is 10.5 Å². The molecule has 0 radical (unpaired) electrons. The highest BCUT2D eigenvalue weighted by Gasteiger charge is 2.16. The van der Waals surface area contributed by atoms with E-state index in [1.807, 2.05) is 24.3 Å². The van der Waals surface area contributed by atoms with Gasteiger partial charge in [-0.25, -0.2) is 4.79 Å². The van der Waals surface area contributed by atoms with E-state index in [2.05, 4.69) is 20.4 Å². The normalized spacial score (nSPS) is 14.3. The van der Waals surface area contributed by atoms with Crippen molar-refractivity contribution in [1.29, 1.82) is 0 Å². The second kappa shape index (κ2) is 7.46. The molecule has 3 rings (SSSR count). The number of methoxy groups -OCH3 is 1. The maximum absolute atomic E-state index is 11.8. The molecule has 126 valence electrons. The molecule has 0 bridgehead atoms. The predicted molar refractivity (Wildman–Crippen MR) is 91.1 cm³/mol. The molecule has 7 nitrogen and oxygen atoms in total. The number of nitrogens with one attached hydrogen (secondary N) is 1. The van der Waals surface area contributed by atoms with Crippen LogP contribution in [0.4, 0.5) is 17.1 Å². The van der Waals surface area contributed by atoms with Gasteiger partial charge in [0, 0.05) is 30.5 Å². The molecule has 0 unspecified atom stereocenters. The second-order valence-electron chi connectivity index (χ2n) is 5.19. The number of carbonyl (C=O) groups excluding carboxylic acids is 1. The number of nitrogens with zero attached hydrogens (tertiary/aromatic N) is 3. The summed E-state index contributed by atoms with van der Waals surface area (Å²) in [6.45, 7) is 3.24. The van der Waals surface area contributed by atoms with Gasteiger partial charge in [0.15, 0.2) is 10.8 Å². The SMILES string of the molecule is COC(=O)c1nnc(Cl)cc1Nc1ccc(N2CCOCC2)cc1. The number of benzene rings is 1. The van der Waals surface area contributed by atoms with E-state index in [1.165, 1.54) is 13.2 Å². The molecule has 1 fully saturated rings. The van der Waals surface area contributed by atoms with E-state index in [0.717, 1.165) is 37.7 Å². The molecule has 0 amide bonds. The lowest BCUT2D eigenvalue weighted by atomic mass is 10.2. The van der Waals surface area contributed by atoms with Crippen LogP contribution in [0, 0.1) is 0 Å². The van der Waals surface area contributed by atoms with Gasteiger partial charge in [0.25, 0.3) is 0 Å². The third kappa shape index (κ3) is 3.74. The molecular weight excluding hydrogens is 332 g/mol. The summed E-state index contributed by atoms with van der Waals surface area (Å²) in [6, 6.07) is 9.43. The van der Waals surface area contributed by atoms with Crippen molar-refractivity contribution in [3.8, 4) is 0 Å². The largest absolute Gasteiger partial charge is 0.464 e. The molecule has 1 saturated heterocycles. The van der Waals surface area contributed by atoms with Crippen LogP contribution in [0.2, 0.25) is 5.15 Å². The van der Waals surface area contributed by atoms with Crippen LogP contribution >= 0.6 is 11.6 Å². The van der Waals surface area contributed by atoms with Crippen LogP contribution in [0.15, 0.2) is 30.3 Å². The molecule has 0 spiro atoms. The Morgan fingerprint density at radius 3 is 2.62 bits per heavy atom. The van der Waals surface area contributed by atoms with Gasteiger partial charge in [0.1, 0.15) is 0 Å². The second-order valence-corrected chi connectivity index (χ2v) is 5.58. The first-order valence-electron chi connectivity index (χ1n) is 7.48. The van der Waals surface area contributed by atoms with Gasteiger partial charge in [-0.15, -0.1) is 10.2 Å². The topological polar surface area (TPSA) is 76.6 Å². The Hall–Kier alpha value is -2.38. The Morgan fingerprint density at radius 1 is 1.25 bits per heavy atom. The highest BCUT2D eigenvalue weighted by Crippen LogP contribution is 2.25. The van der Waals surface area contributed by atoms with Crippen LogP contribution in [0.5, 0.6) is 0 Å². The van der Waals surface area contributed by atoms with Crippen LogP contribution < -0.4 is 10.2 Å². The van der Waals surface area contributed by atoms with Crippen LogP contribution in [-0.4, -0.2) is 49.6 Å². The summed E-state index contributed by atoms with van der Waals surface area (Å²) in [6.07, 6.45) is 0. The van der Waals surface area contributed by atoms with Crippen molar-refractivity contribution in [3.63, 3.8) is 0 Å². The van der Waals surface area contributed by atoms with Gasteiger partial charge in [0.2, 0.25) is 0 Å². The number of halogens is 1. The van der Waals surface area contributed by atoms with E-state index in [0.29, 0.717) is 5.69 Å². The van der Waals surface area contributed by atoms with Crippen molar-refractivity contribution in [2.24, 2.45) is 0 Å². The Bertz CT molecular complexity index is 718. The highest BCUT2D eigenvalue weighted by atomic mass is 35.5. The number of rotatable bonds is 4. The number of hydrogen-bond acceptors (Lipinski definition) is 7. The zero-order chi connectivity index (χ0) is 16.9. The molecule has 2 aromatic rings. The highest BCUT2D eigenvalue weighted by molar-refractivity contribution is 6.29. The molecule has 1 aliphatic rings. The number of morpholine rings is 1. The molecule has 0 saturated carbocycles. The molecule has 1 N–H and O–H groups in total. The Balaban J connectivity index is 1.78. The van der Waals surface area contributed by atoms with Crippen molar-refractivity contribution in [2.45, 2.75) is 0 Å². The summed E-state index contributed by atoms with van der Waals surface area (Å²) in [7, 11) is 1.29. The molecular formula is C16H17ClN4O3. The van der Waals surface area contributed by atoms with E-state index in [4.69, 9.17) is 21.1 Å². The number of aromatic nitrogens is 2. The first-order chi connectivity index (χ1) is 11.7. The molecule has 1 aromatic carbocycles. The quantitative estimate of drug-likeness (QED) is 0.850. The minimum absolute atomic E-state index is 0.0826. The lowest BCUT2D eigenvalue weighted by Gasteiger charge is -2.29. The molecule has 8 heteroatoms. The van der Waals surface area contributed by atoms with Crippen LogP contribution in [0.3, 0.4) is 0 Å². The third-order valence-electron chi connectivity index (χ3n) is 3.67. The van der Waals surface area contributed by atoms with Gasteiger partial charge < -0.3 is 19.7 Å². The van der Waals surface area contributed by atoms with E-state index in [9.17, 15) is 4.79 Å². The zero-order valence-electron chi connectivity index (χ0n) is 13.2. The number of ether oxygens (including phenoxy) is 2. The fourth-order valence-electron chi connectivity index (χ4n) is 2.44. The summed E-state index contributed by atoms with van der Waals surface area (Å²) in [5.41, 5.74) is 2.46. The summed E-state index contributed by atoms with van der Waals surface area (Å²) in [4.78, 5) is 14.0. The van der Waals surface area contributed by atoms with Crippen LogP contribution in [-0.2, 0) is 9.47 Å². The Kier molecular flexibility index (Phi) is 5.12. The molecule has 0 aliphatic carbocycles. The molecule has 1 aliphatic heterocycles. The monoisotopic (exact) mass is 348 g/mol. The fourth-order valence-corrected chi connectivity index (χ4v) is 2.59. The van der Waals surface area contributed by atoms with E-state index < -0.39 is 5.97 Å². The van der Waals surface area contributed by atoms with E-state index in [-0.39, 0.29) is 10.8 Å². The number of carbonyl (C=O) groups is 1.